The Bertz CT molecular complexity index is 424. The number of aliphatic hydroxyl groups is 1. The van der Waals surface area contributed by atoms with Crippen LogP contribution in [0.5, 0.6) is 0 Å². The molecule has 0 aromatic carbocycles. The van der Waals surface area contributed by atoms with Gasteiger partial charge in [0.2, 0.25) is 0 Å². The first-order chi connectivity index (χ1) is 8.54. The van der Waals surface area contributed by atoms with Gasteiger partial charge in [0.05, 0.1) is 12.1 Å². The molecule has 0 spiro atoms. The number of aliphatic hydroxyl groups excluding tert-OH is 1. The van der Waals surface area contributed by atoms with Crippen LogP contribution in [0.4, 0.5) is 5.82 Å². The number of hydrogen-bond acceptors (Lipinski definition) is 3. The van der Waals surface area contributed by atoms with Crippen molar-refractivity contribution in [2.24, 2.45) is 5.92 Å². The molecule has 2 rings (SSSR count). The average Bonchev–Trinajstić information content (AvgIpc) is 2.33. The Morgan fingerprint density at radius 1 is 1.61 bits per heavy atom. The molecule has 0 amide bonds. The maximum absolute atomic E-state index is 9.77. The second-order valence-electron chi connectivity index (χ2n) is 5.58. The van der Waals surface area contributed by atoms with Crippen molar-refractivity contribution in [3.63, 3.8) is 0 Å². The summed E-state index contributed by atoms with van der Waals surface area (Å²) in [5, 5.41) is 13.3. The monoisotopic (exact) mass is 312 g/mol. The molecule has 1 fully saturated rings. The lowest BCUT2D eigenvalue weighted by atomic mass is 9.77. The molecular formula is C14H21BrN2O. The summed E-state index contributed by atoms with van der Waals surface area (Å²) in [6, 6.07) is 2.05. The Balaban J connectivity index is 2.19. The standard InChI is InChI=1S/C14H21BrN2O/c1-10-4-3-5-14(7-10,9-18)17-13-11(2)6-12(15)8-16-13/h6,8,10,18H,3-5,7,9H2,1-2H3,(H,16,17). The van der Waals surface area contributed by atoms with Gasteiger partial charge in [0.1, 0.15) is 5.82 Å². The summed E-state index contributed by atoms with van der Waals surface area (Å²) < 4.78 is 0.987. The maximum atomic E-state index is 9.77. The van der Waals surface area contributed by atoms with Gasteiger partial charge in [-0.25, -0.2) is 4.98 Å². The van der Waals surface area contributed by atoms with Gasteiger partial charge in [0.25, 0.3) is 0 Å². The molecule has 2 atom stereocenters. The van der Waals surface area contributed by atoms with Crippen molar-refractivity contribution in [2.45, 2.75) is 45.1 Å². The number of anilines is 1. The average molecular weight is 313 g/mol. The first-order valence-corrected chi connectivity index (χ1v) is 7.35. The Hall–Kier alpha value is -0.610. The van der Waals surface area contributed by atoms with Crippen LogP contribution < -0.4 is 5.32 Å². The topological polar surface area (TPSA) is 45.2 Å². The van der Waals surface area contributed by atoms with Gasteiger partial charge in [-0.05, 0) is 53.2 Å². The van der Waals surface area contributed by atoms with Gasteiger partial charge in [-0.3, -0.25) is 0 Å². The van der Waals surface area contributed by atoms with E-state index < -0.39 is 0 Å². The van der Waals surface area contributed by atoms with Crippen molar-refractivity contribution >= 4 is 21.7 Å². The lowest BCUT2D eigenvalue weighted by molar-refractivity contribution is 0.149. The molecule has 4 heteroatoms. The molecule has 3 nitrogen and oxygen atoms in total. The van der Waals surface area contributed by atoms with E-state index in [2.05, 4.69) is 33.2 Å². The lowest BCUT2D eigenvalue weighted by Gasteiger charge is -2.40. The van der Waals surface area contributed by atoms with E-state index >= 15 is 0 Å². The van der Waals surface area contributed by atoms with Gasteiger partial charge < -0.3 is 10.4 Å². The Kier molecular flexibility index (Phi) is 4.28. The maximum Gasteiger partial charge on any atom is 0.129 e. The summed E-state index contributed by atoms with van der Waals surface area (Å²) in [6.45, 7) is 4.47. The van der Waals surface area contributed by atoms with Gasteiger partial charge in [-0.1, -0.05) is 19.8 Å². The largest absolute Gasteiger partial charge is 0.394 e. The van der Waals surface area contributed by atoms with Crippen molar-refractivity contribution in [2.75, 3.05) is 11.9 Å². The molecule has 2 unspecified atom stereocenters. The predicted molar refractivity (Wildman–Crippen MR) is 77.7 cm³/mol. The molecule has 0 saturated heterocycles. The summed E-state index contributed by atoms with van der Waals surface area (Å²) >= 11 is 3.42. The van der Waals surface area contributed by atoms with Crippen molar-refractivity contribution in [1.29, 1.82) is 0 Å². The van der Waals surface area contributed by atoms with Crippen LogP contribution in [-0.4, -0.2) is 22.2 Å². The molecule has 0 aliphatic heterocycles. The minimum Gasteiger partial charge on any atom is -0.394 e. The smallest absolute Gasteiger partial charge is 0.129 e. The van der Waals surface area contributed by atoms with Gasteiger partial charge in [-0.2, -0.15) is 0 Å². The van der Waals surface area contributed by atoms with Crippen LogP contribution in [0, 0.1) is 12.8 Å². The van der Waals surface area contributed by atoms with Gasteiger partial charge >= 0.3 is 0 Å². The first kappa shape index (κ1) is 13.8. The van der Waals surface area contributed by atoms with Crippen molar-refractivity contribution in [3.8, 4) is 0 Å². The second kappa shape index (κ2) is 5.57. The molecule has 1 heterocycles. The predicted octanol–water partition coefficient (Wildman–Crippen LogP) is 3.51. The summed E-state index contributed by atoms with van der Waals surface area (Å²) in [5.74, 6) is 1.55. The van der Waals surface area contributed by atoms with Crippen LogP contribution >= 0.6 is 15.9 Å². The molecule has 1 aliphatic carbocycles. The number of pyridine rings is 1. The molecule has 0 bridgehead atoms. The number of halogens is 1. The van der Waals surface area contributed by atoms with E-state index in [-0.39, 0.29) is 12.1 Å². The minimum atomic E-state index is -0.191. The first-order valence-electron chi connectivity index (χ1n) is 6.56. The minimum absolute atomic E-state index is 0.175. The van der Waals surface area contributed by atoms with E-state index in [1.54, 1.807) is 6.20 Å². The number of aromatic nitrogens is 1. The van der Waals surface area contributed by atoms with E-state index in [4.69, 9.17) is 0 Å². The zero-order chi connectivity index (χ0) is 13.2. The van der Waals surface area contributed by atoms with Crippen LogP contribution in [0.3, 0.4) is 0 Å². The summed E-state index contributed by atoms with van der Waals surface area (Å²) in [4.78, 5) is 4.42. The van der Waals surface area contributed by atoms with Crippen LogP contribution in [0.1, 0.15) is 38.2 Å². The summed E-state index contributed by atoms with van der Waals surface area (Å²) in [7, 11) is 0. The van der Waals surface area contributed by atoms with Crippen LogP contribution in [0.15, 0.2) is 16.7 Å². The highest BCUT2D eigenvalue weighted by Gasteiger charge is 2.34. The number of nitrogens with one attached hydrogen (secondary N) is 1. The second-order valence-corrected chi connectivity index (χ2v) is 6.50. The van der Waals surface area contributed by atoms with Gasteiger partial charge in [0, 0.05) is 10.7 Å². The van der Waals surface area contributed by atoms with E-state index in [1.165, 1.54) is 12.8 Å². The van der Waals surface area contributed by atoms with Crippen LogP contribution in [-0.2, 0) is 0 Å². The fourth-order valence-corrected chi connectivity index (χ4v) is 3.33. The third-order valence-corrected chi connectivity index (χ3v) is 4.26. The zero-order valence-corrected chi connectivity index (χ0v) is 12.6. The van der Waals surface area contributed by atoms with Gasteiger partial charge in [-0.15, -0.1) is 0 Å². The molecule has 1 aromatic heterocycles. The molecule has 0 radical (unpaired) electrons. The fourth-order valence-electron chi connectivity index (χ4n) is 2.88. The number of hydrogen-bond donors (Lipinski definition) is 2. The van der Waals surface area contributed by atoms with E-state index in [9.17, 15) is 5.11 Å². The van der Waals surface area contributed by atoms with E-state index in [1.807, 2.05) is 13.0 Å². The summed E-state index contributed by atoms with van der Waals surface area (Å²) in [6.07, 6.45) is 6.26. The molecule has 2 N–H and O–H groups in total. The number of aryl methyl sites for hydroxylation is 1. The molecule has 100 valence electrons. The Labute approximate surface area is 117 Å². The van der Waals surface area contributed by atoms with Crippen molar-refractivity contribution in [3.05, 3.63) is 22.3 Å². The number of rotatable bonds is 3. The highest BCUT2D eigenvalue weighted by Crippen LogP contribution is 2.35. The number of nitrogens with zero attached hydrogens (tertiary/aromatic N) is 1. The molecule has 1 aromatic rings. The lowest BCUT2D eigenvalue weighted by Crippen LogP contribution is -2.46. The van der Waals surface area contributed by atoms with E-state index in [0.29, 0.717) is 5.92 Å². The van der Waals surface area contributed by atoms with E-state index in [0.717, 1.165) is 28.7 Å². The van der Waals surface area contributed by atoms with Crippen LogP contribution in [0.2, 0.25) is 0 Å². The Morgan fingerprint density at radius 2 is 2.39 bits per heavy atom. The summed E-state index contributed by atoms with van der Waals surface area (Å²) in [5.41, 5.74) is 0.916. The SMILES string of the molecule is Cc1cc(Br)cnc1NC1(CO)CCCC(C)C1. The molecule has 1 saturated carbocycles. The highest BCUT2D eigenvalue weighted by atomic mass is 79.9. The van der Waals surface area contributed by atoms with Crippen LogP contribution in [0.25, 0.3) is 0 Å². The van der Waals surface area contributed by atoms with Crippen molar-refractivity contribution < 1.29 is 5.11 Å². The van der Waals surface area contributed by atoms with Gasteiger partial charge in [0.15, 0.2) is 0 Å². The Morgan fingerprint density at radius 3 is 3.00 bits per heavy atom. The molecular weight excluding hydrogens is 292 g/mol. The molecule has 18 heavy (non-hydrogen) atoms. The zero-order valence-electron chi connectivity index (χ0n) is 11.0. The third kappa shape index (κ3) is 3.04. The molecule has 1 aliphatic rings. The fraction of sp³-hybridized carbons (Fsp3) is 0.643. The quantitative estimate of drug-likeness (QED) is 0.897. The third-order valence-electron chi connectivity index (χ3n) is 3.82. The highest BCUT2D eigenvalue weighted by molar-refractivity contribution is 9.10. The normalized spacial score (nSPS) is 28.1. The van der Waals surface area contributed by atoms with Crippen molar-refractivity contribution in [1.82, 2.24) is 4.98 Å².